The molecule has 0 aromatic carbocycles. The Morgan fingerprint density at radius 3 is 1.88 bits per heavy atom. The van der Waals surface area contributed by atoms with Gasteiger partial charge in [0, 0.05) is 19.6 Å². The van der Waals surface area contributed by atoms with Crippen LogP contribution in [0.4, 0.5) is 0 Å². The van der Waals surface area contributed by atoms with E-state index in [-0.39, 0.29) is 0 Å². The lowest BCUT2D eigenvalue weighted by Crippen LogP contribution is -2.49. The lowest BCUT2D eigenvalue weighted by atomic mass is 9.98. The van der Waals surface area contributed by atoms with Crippen molar-refractivity contribution >= 4 is 5.91 Å². The second kappa shape index (κ2) is 18.8. The third-order valence-electron chi connectivity index (χ3n) is 7.23. The maximum absolute atomic E-state index is 12.1. The Morgan fingerprint density at radius 2 is 1.34 bits per heavy atom. The highest BCUT2D eigenvalue weighted by Gasteiger charge is 2.25. The van der Waals surface area contributed by atoms with Crippen LogP contribution in [-0.4, -0.2) is 68.8 Å². The van der Waals surface area contributed by atoms with Gasteiger partial charge in [-0.3, -0.25) is 4.79 Å². The molecular weight excluding hydrogens is 396 g/mol. The fraction of sp³-hybridized carbons (Fsp3) is 0.964. The van der Waals surface area contributed by atoms with E-state index in [0.717, 1.165) is 56.7 Å². The Kier molecular flexibility index (Phi) is 17.3. The van der Waals surface area contributed by atoms with E-state index in [1.165, 1.54) is 89.9 Å². The summed E-state index contributed by atoms with van der Waals surface area (Å²) < 4.78 is 6.84. The van der Waals surface area contributed by atoms with Gasteiger partial charge in [0.05, 0.1) is 33.8 Å². The minimum Gasteiger partial charge on any atom is -0.376 e. The van der Waals surface area contributed by atoms with E-state index in [1.54, 1.807) is 0 Å². The summed E-state index contributed by atoms with van der Waals surface area (Å²) in [5.41, 5.74) is 0. The van der Waals surface area contributed by atoms with Crippen molar-refractivity contribution in [1.82, 2.24) is 4.90 Å². The average Bonchev–Trinajstić information content (AvgIpc) is 2.75. The van der Waals surface area contributed by atoms with Crippen LogP contribution in [0.15, 0.2) is 0 Å². The van der Waals surface area contributed by atoms with E-state index in [2.05, 4.69) is 32.8 Å². The molecule has 0 aliphatic carbocycles. The minimum atomic E-state index is 0.345. The number of unbranched alkanes of at least 4 members (excludes halogenated alkanes) is 13. The van der Waals surface area contributed by atoms with Gasteiger partial charge in [-0.05, 0) is 18.8 Å². The summed E-state index contributed by atoms with van der Waals surface area (Å²) in [6.45, 7) is 10.1. The summed E-state index contributed by atoms with van der Waals surface area (Å²) in [5.74, 6) is 0.905. The molecule has 0 spiro atoms. The van der Waals surface area contributed by atoms with Gasteiger partial charge in [-0.15, -0.1) is 0 Å². The van der Waals surface area contributed by atoms with Crippen molar-refractivity contribution in [3.8, 4) is 0 Å². The zero-order valence-corrected chi connectivity index (χ0v) is 22.3. The van der Waals surface area contributed by atoms with Crippen molar-refractivity contribution in [1.29, 1.82) is 0 Å². The van der Waals surface area contributed by atoms with Crippen molar-refractivity contribution in [2.75, 3.05) is 53.5 Å². The topological polar surface area (TPSA) is 29.5 Å². The number of quaternary nitrogens is 1. The first-order chi connectivity index (χ1) is 15.4. The molecule has 0 saturated carbocycles. The molecule has 0 radical (unpaired) electrons. The molecular formula is C28H57N2O2+. The first kappa shape index (κ1) is 29.4. The molecule has 190 valence electrons. The molecule has 1 rings (SSSR count). The van der Waals surface area contributed by atoms with Crippen LogP contribution in [-0.2, 0) is 9.53 Å². The fourth-order valence-electron chi connectivity index (χ4n) is 4.58. The van der Waals surface area contributed by atoms with Crippen LogP contribution in [0.25, 0.3) is 0 Å². The number of rotatable bonds is 21. The monoisotopic (exact) mass is 453 g/mol. The number of likely N-dealkylation sites (tertiary alicyclic amines) is 1. The van der Waals surface area contributed by atoms with E-state index >= 15 is 0 Å². The van der Waals surface area contributed by atoms with Crippen LogP contribution >= 0.6 is 0 Å². The number of carbonyl (C=O) groups is 1. The molecule has 1 aliphatic rings. The fourth-order valence-corrected chi connectivity index (χ4v) is 4.58. The van der Waals surface area contributed by atoms with Gasteiger partial charge in [0.15, 0.2) is 0 Å². The first-order valence-corrected chi connectivity index (χ1v) is 14.1. The summed E-state index contributed by atoms with van der Waals surface area (Å²) in [6, 6.07) is 0. The van der Waals surface area contributed by atoms with Gasteiger partial charge in [-0.1, -0.05) is 97.3 Å². The smallest absolute Gasteiger partial charge is 0.223 e. The second-order valence-corrected chi connectivity index (χ2v) is 11.1. The highest BCUT2D eigenvalue weighted by molar-refractivity contribution is 5.77. The predicted octanol–water partition coefficient (Wildman–Crippen LogP) is 6.82. The van der Waals surface area contributed by atoms with Crippen molar-refractivity contribution in [2.24, 2.45) is 5.92 Å². The average molecular weight is 454 g/mol. The van der Waals surface area contributed by atoms with Gasteiger partial charge < -0.3 is 14.1 Å². The molecule has 1 saturated heterocycles. The summed E-state index contributed by atoms with van der Waals surface area (Å²) in [5, 5.41) is 0. The van der Waals surface area contributed by atoms with Crippen molar-refractivity contribution < 1.29 is 14.0 Å². The standard InChI is InChI=1S/C28H57N2O2/c1-5-6-7-8-9-10-11-12-13-14-15-16-17-18-24-32-25-23-30(3,4)22-21-29-20-19-27(2)26-28(29)31/h27H,5-26H2,1-4H3/q+1. The van der Waals surface area contributed by atoms with Crippen LogP contribution in [0.2, 0.25) is 0 Å². The summed E-state index contributed by atoms with van der Waals surface area (Å²) in [4.78, 5) is 14.2. The van der Waals surface area contributed by atoms with Crippen LogP contribution in [0.3, 0.4) is 0 Å². The van der Waals surface area contributed by atoms with Gasteiger partial charge >= 0.3 is 0 Å². The third-order valence-corrected chi connectivity index (χ3v) is 7.23. The minimum absolute atomic E-state index is 0.345. The van der Waals surface area contributed by atoms with E-state index in [4.69, 9.17) is 4.74 Å². The summed E-state index contributed by atoms with van der Waals surface area (Å²) in [6.07, 6.45) is 21.5. The highest BCUT2D eigenvalue weighted by Crippen LogP contribution is 2.17. The Bertz CT molecular complexity index is 453. The van der Waals surface area contributed by atoms with Crippen LogP contribution in [0.5, 0.6) is 0 Å². The van der Waals surface area contributed by atoms with E-state index in [1.807, 2.05) is 0 Å². The normalized spacial score (nSPS) is 17.3. The maximum Gasteiger partial charge on any atom is 0.223 e. The Morgan fingerprint density at radius 1 is 0.812 bits per heavy atom. The Balaban J connectivity index is 1.84. The first-order valence-electron chi connectivity index (χ1n) is 14.1. The molecule has 1 aliphatic heterocycles. The lowest BCUT2D eigenvalue weighted by molar-refractivity contribution is -0.890. The number of hydrogen-bond acceptors (Lipinski definition) is 2. The largest absolute Gasteiger partial charge is 0.376 e. The van der Waals surface area contributed by atoms with Gasteiger partial charge in [0.2, 0.25) is 5.91 Å². The molecule has 32 heavy (non-hydrogen) atoms. The molecule has 1 fully saturated rings. The molecule has 4 nitrogen and oxygen atoms in total. The number of likely N-dealkylation sites (N-methyl/N-ethyl adjacent to an activating group) is 1. The van der Waals surface area contributed by atoms with Gasteiger partial charge in [-0.2, -0.15) is 0 Å². The molecule has 0 bridgehead atoms. The molecule has 1 amide bonds. The number of carbonyl (C=O) groups excluding carboxylic acids is 1. The molecule has 0 aromatic rings. The third kappa shape index (κ3) is 16.1. The summed E-state index contributed by atoms with van der Waals surface area (Å²) in [7, 11) is 4.51. The van der Waals surface area contributed by atoms with E-state index in [9.17, 15) is 4.79 Å². The predicted molar refractivity (Wildman–Crippen MR) is 138 cm³/mol. The van der Waals surface area contributed by atoms with Gasteiger partial charge in [0.25, 0.3) is 0 Å². The second-order valence-electron chi connectivity index (χ2n) is 11.1. The molecule has 1 atom stereocenters. The van der Waals surface area contributed by atoms with Crippen molar-refractivity contribution in [3.05, 3.63) is 0 Å². The lowest BCUT2D eigenvalue weighted by Gasteiger charge is -2.35. The van der Waals surface area contributed by atoms with Gasteiger partial charge in [0.1, 0.15) is 6.54 Å². The number of hydrogen-bond donors (Lipinski definition) is 0. The number of piperidine rings is 1. The molecule has 4 heteroatoms. The van der Waals surface area contributed by atoms with Gasteiger partial charge in [-0.25, -0.2) is 0 Å². The SMILES string of the molecule is CCCCCCCCCCCCCCCCOCC[N+](C)(C)CCN1CCC(C)CC1=O. The van der Waals surface area contributed by atoms with E-state index < -0.39 is 0 Å². The maximum atomic E-state index is 12.1. The van der Waals surface area contributed by atoms with Crippen molar-refractivity contribution in [2.45, 2.75) is 117 Å². The summed E-state index contributed by atoms with van der Waals surface area (Å²) >= 11 is 0. The van der Waals surface area contributed by atoms with Crippen LogP contribution in [0, 0.1) is 5.92 Å². The highest BCUT2D eigenvalue weighted by atomic mass is 16.5. The zero-order valence-electron chi connectivity index (χ0n) is 22.3. The van der Waals surface area contributed by atoms with Crippen molar-refractivity contribution in [3.63, 3.8) is 0 Å². The Hall–Kier alpha value is -0.610. The number of nitrogens with zero attached hydrogens (tertiary/aromatic N) is 2. The van der Waals surface area contributed by atoms with Crippen LogP contribution < -0.4 is 0 Å². The van der Waals surface area contributed by atoms with E-state index in [0.29, 0.717) is 11.8 Å². The molecule has 0 N–H and O–H groups in total. The zero-order chi connectivity index (χ0) is 23.5. The molecule has 0 aromatic heterocycles. The Labute approximate surface area is 201 Å². The molecule has 1 heterocycles. The number of ether oxygens (including phenoxy) is 1. The van der Waals surface area contributed by atoms with Crippen LogP contribution in [0.1, 0.15) is 117 Å². The molecule has 1 unspecified atom stereocenters. The number of amides is 1. The quantitative estimate of drug-likeness (QED) is 0.141.